The van der Waals surface area contributed by atoms with Crippen LogP contribution in [0.3, 0.4) is 0 Å². The molecule has 0 aliphatic carbocycles. The normalized spacial score (nSPS) is 20.0. The average Bonchev–Trinajstić information content (AvgIpc) is 2.72. The Hall–Kier alpha value is -1.73. The van der Waals surface area contributed by atoms with Gasteiger partial charge in [0, 0.05) is 20.4 Å². The first-order valence-electron chi connectivity index (χ1n) is 6.43. The number of amides is 1. The van der Waals surface area contributed by atoms with Gasteiger partial charge in [0.25, 0.3) is 5.91 Å². The van der Waals surface area contributed by atoms with Crippen LogP contribution in [0.4, 0.5) is 5.69 Å². The fourth-order valence-electron chi connectivity index (χ4n) is 2.45. The van der Waals surface area contributed by atoms with Crippen molar-refractivity contribution < 1.29 is 14.7 Å². The molecule has 106 valence electrons. The molecule has 0 radical (unpaired) electrons. The number of hydrogen-bond acceptors (Lipinski definition) is 3. The van der Waals surface area contributed by atoms with Gasteiger partial charge in [0.2, 0.25) is 0 Å². The molecule has 0 spiro atoms. The molecule has 0 saturated heterocycles. The van der Waals surface area contributed by atoms with Gasteiger partial charge in [-0.3, -0.25) is 9.59 Å². The second-order valence-electron chi connectivity index (χ2n) is 4.97. The van der Waals surface area contributed by atoms with Crippen molar-refractivity contribution in [1.29, 1.82) is 0 Å². The molecular formula is C16H12INO3. The Balaban J connectivity index is 1.97. The van der Waals surface area contributed by atoms with Crippen LogP contribution in [0, 0.1) is 3.57 Å². The minimum atomic E-state index is -1.80. The Morgan fingerprint density at radius 3 is 2.62 bits per heavy atom. The third kappa shape index (κ3) is 2.47. The molecule has 21 heavy (non-hydrogen) atoms. The molecule has 5 heteroatoms. The first kappa shape index (κ1) is 14.2. The molecule has 0 saturated carbocycles. The summed E-state index contributed by atoms with van der Waals surface area (Å²) >= 11 is 2.11. The molecular weight excluding hydrogens is 381 g/mol. The lowest BCUT2D eigenvalue weighted by molar-refractivity contribution is -0.133. The molecule has 0 bridgehead atoms. The predicted octanol–water partition coefficient (Wildman–Crippen LogP) is 2.70. The van der Waals surface area contributed by atoms with Crippen LogP contribution in [0.25, 0.3) is 0 Å². The standard InChI is InChI=1S/C16H12INO3/c17-11-6-7-13-12(8-11)16(21,15(20)18-13)9-14(19)10-4-2-1-3-5-10/h1-8,21H,9H2,(H,18,20)/t16-/m0/s1. The molecule has 4 nitrogen and oxygen atoms in total. The Labute approximate surface area is 135 Å². The molecule has 2 aromatic carbocycles. The van der Waals surface area contributed by atoms with Gasteiger partial charge in [0.05, 0.1) is 6.42 Å². The number of anilines is 1. The zero-order chi connectivity index (χ0) is 15.0. The lowest BCUT2D eigenvalue weighted by Gasteiger charge is -2.20. The Bertz CT molecular complexity index is 730. The number of nitrogens with one attached hydrogen (secondary N) is 1. The predicted molar refractivity (Wildman–Crippen MR) is 87.1 cm³/mol. The van der Waals surface area contributed by atoms with Gasteiger partial charge in [-0.2, -0.15) is 0 Å². The molecule has 0 aromatic heterocycles. The van der Waals surface area contributed by atoms with Gasteiger partial charge in [-0.1, -0.05) is 30.3 Å². The monoisotopic (exact) mass is 393 g/mol. The van der Waals surface area contributed by atoms with E-state index in [4.69, 9.17) is 0 Å². The van der Waals surface area contributed by atoms with Crippen molar-refractivity contribution in [2.45, 2.75) is 12.0 Å². The van der Waals surface area contributed by atoms with Crippen LogP contribution in [0.15, 0.2) is 48.5 Å². The fraction of sp³-hybridized carbons (Fsp3) is 0.125. The molecule has 1 heterocycles. The SMILES string of the molecule is O=C(C[C@@]1(O)C(=O)Nc2ccc(I)cc21)c1ccccc1. The van der Waals surface area contributed by atoms with Crippen LogP contribution in [-0.2, 0) is 10.4 Å². The van der Waals surface area contributed by atoms with E-state index in [1.54, 1.807) is 36.4 Å². The molecule has 1 amide bonds. The van der Waals surface area contributed by atoms with Crippen LogP contribution in [0.2, 0.25) is 0 Å². The van der Waals surface area contributed by atoms with Crippen molar-refractivity contribution in [2.75, 3.05) is 5.32 Å². The van der Waals surface area contributed by atoms with Crippen molar-refractivity contribution in [3.05, 3.63) is 63.2 Å². The molecule has 2 aromatic rings. The molecule has 1 aliphatic rings. The summed E-state index contributed by atoms with van der Waals surface area (Å²) in [5, 5.41) is 13.4. The van der Waals surface area contributed by atoms with Crippen LogP contribution < -0.4 is 5.32 Å². The largest absolute Gasteiger partial charge is 0.375 e. The number of ketones is 1. The van der Waals surface area contributed by atoms with Gasteiger partial charge < -0.3 is 10.4 Å². The quantitative estimate of drug-likeness (QED) is 0.623. The maximum Gasteiger partial charge on any atom is 0.261 e. The van der Waals surface area contributed by atoms with Crippen LogP contribution in [0.1, 0.15) is 22.3 Å². The third-order valence-electron chi connectivity index (χ3n) is 3.56. The number of benzene rings is 2. The second kappa shape index (κ2) is 5.23. The zero-order valence-corrected chi connectivity index (χ0v) is 13.1. The Morgan fingerprint density at radius 2 is 1.90 bits per heavy atom. The van der Waals surface area contributed by atoms with Crippen LogP contribution in [-0.4, -0.2) is 16.8 Å². The highest BCUT2D eigenvalue weighted by Gasteiger charge is 2.46. The van der Waals surface area contributed by atoms with Crippen molar-refractivity contribution >= 4 is 40.0 Å². The van der Waals surface area contributed by atoms with E-state index in [1.165, 1.54) is 0 Å². The Kier molecular flexibility index (Phi) is 3.54. The van der Waals surface area contributed by atoms with Crippen molar-refractivity contribution in [2.24, 2.45) is 0 Å². The minimum Gasteiger partial charge on any atom is -0.375 e. The summed E-state index contributed by atoms with van der Waals surface area (Å²) in [6.07, 6.45) is -0.268. The van der Waals surface area contributed by atoms with Crippen LogP contribution in [0.5, 0.6) is 0 Å². The minimum absolute atomic E-state index is 0.264. The first-order valence-corrected chi connectivity index (χ1v) is 7.51. The summed E-state index contributed by atoms with van der Waals surface area (Å²) in [5.41, 5.74) is -0.297. The number of fused-ring (bicyclic) bond motifs is 1. The molecule has 2 N–H and O–H groups in total. The Morgan fingerprint density at radius 1 is 1.19 bits per heavy atom. The lowest BCUT2D eigenvalue weighted by atomic mass is 9.88. The molecule has 1 atom stereocenters. The smallest absolute Gasteiger partial charge is 0.261 e. The summed E-state index contributed by atoms with van der Waals surface area (Å²) in [4.78, 5) is 24.4. The average molecular weight is 393 g/mol. The van der Waals surface area contributed by atoms with E-state index >= 15 is 0 Å². The van der Waals surface area contributed by atoms with E-state index in [1.807, 2.05) is 12.1 Å². The summed E-state index contributed by atoms with van der Waals surface area (Å²) in [6, 6.07) is 14.0. The van der Waals surface area contributed by atoms with E-state index < -0.39 is 11.5 Å². The number of carbonyl (C=O) groups excluding carboxylic acids is 2. The van der Waals surface area contributed by atoms with Gasteiger partial charge in [-0.05, 0) is 40.8 Å². The molecule has 1 aliphatic heterocycles. The summed E-state index contributed by atoms with van der Waals surface area (Å²) in [7, 11) is 0. The van der Waals surface area contributed by atoms with E-state index in [2.05, 4.69) is 27.9 Å². The molecule has 0 unspecified atom stereocenters. The maximum absolute atomic E-state index is 12.3. The van der Waals surface area contributed by atoms with Gasteiger partial charge in [-0.25, -0.2) is 0 Å². The molecule has 0 fully saturated rings. The molecule has 3 rings (SSSR count). The number of aliphatic hydroxyl groups is 1. The summed E-state index contributed by atoms with van der Waals surface area (Å²) < 4.78 is 0.897. The fourth-order valence-corrected chi connectivity index (χ4v) is 2.94. The highest BCUT2D eigenvalue weighted by Crippen LogP contribution is 2.39. The highest BCUT2D eigenvalue weighted by atomic mass is 127. The second-order valence-corrected chi connectivity index (χ2v) is 6.22. The number of Topliss-reactive ketones (excluding diaryl/α,β-unsaturated/α-hetero) is 1. The van der Waals surface area contributed by atoms with Gasteiger partial charge in [0.15, 0.2) is 11.4 Å². The lowest BCUT2D eigenvalue weighted by Crippen LogP contribution is -2.36. The first-order chi connectivity index (χ1) is 10.0. The topological polar surface area (TPSA) is 66.4 Å². The highest BCUT2D eigenvalue weighted by molar-refractivity contribution is 14.1. The van der Waals surface area contributed by atoms with Gasteiger partial charge in [-0.15, -0.1) is 0 Å². The van der Waals surface area contributed by atoms with Crippen molar-refractivity contribution in [3.63, 3.8) is 0 Å². The van der Waals surface area contributed by atoms with Gasteiger partial charge >= 0.3 is 0 Å². The van der Waals surface area contributed by atoms with Crippen LogP contribution >= 0.6 is 22.6 Å². The number of rotatable bonds is 3. The number of halogens is 1. The summed E-state index contributed by atoms with van der Waals surface area (Å²) in [6.45, 7) is 0. The number of carbonyl (C=O) groups is 2. The van der Waals surface area contributed by atoms with Crippen molar-refractivity contribution in [3.8, 4) is 0 Å². The summed E-state index contributed by atoms with van der Waals surface area (Å²) in [5.74, 6) is -0.816. The number of hydrogen-bond donors (Lipinski definition) is 2. The maximum atomic E-state index is 12.3. The van der Waals surface area contributed by atoms with Crippen molar-refractivity contribution in [1.82, 2.24) is 0 Å². The van der Waals surface area contributed by atoms with E-state index in [9.17, 15) is 14.7 Å². The third-order valence-corrected chi connectivity index (χ3v) is 4.23. The van der Waals surface area contributed by atoms with E-state index in [-0.39, 0.29) is 12.2 Å². The van der Waals surface area contributed by atoms with Gasteiger partial charge in [0.1, 0.15) is 0 Å². The zero-order valence-electron chi connectivity index (χ0n) is 11.0. The van der Waals surface area contributed by atoms with E-state index in [0.29, 0.717) is 16.8 Å². The van der Waals surface area contributed by atoms with E-state index in [0.717, 1.165) is 3.57 Å².